The second-order valence-corrected chi connectivity index (χ2v) is 6.51. The van der Waals surface area contributed by atoms with Crippen LogP contribution in [0.4, 0.5) is 5.69 Å². The molecule has 3 rings (SSSR count). The van der Waals surface area contributed by atoms with Gasteiger partial charge in [0.15, 0.2) is 5.60 Å². The molecule has 0 saturated heterocycles. The third-order valence-electron chi connectivity index (χ3n) is 4.04. The number of carbonyl (C=O) groups is 1. The molecule has 0 radical (unpaired) electrons. The first-order valence-electron chi connectivity index (χ1n) is 7.93. The molecule has 0 heterocycles. The molecule has 1 amide bonds. The summed E-state index contributed by atoms with van der Waals surface area (Å²) in [5.74, 6) is -0.483. The molecule has 0 unspecified atom stereocenters. The van der Waals surface area contributed by atoms with Crippen LogP contribution in [0.5, 0.6) is 0 Å². The summed E-state index contributed by atoms with van der Waals surface area (Å²) in [6.45, 7) is 0. The normalized spacial score (nSPS) is 11.1. The number of thioether (sulfide) groups is 1. The molecule has 4 heteroatoms. The Balaban J connectivity index is 2.01. The topological polar surface area (TPSA) is 49.3 Å². The van der Waals surface area contributed by atoms with E-state index in [-0.39, 0.29) is 0 Å². The van der Waals surface area contributed by atoms with Crippen LogP contribution in [0.15, 0.2) is 89.8 Å². The van der Waals surface area contributed by atoms with Crippen molar-refractivity contribution >= 4 is 23.4 Å². The summed E-state index contributed by atoms with van der Waals surface area (Å²) in [7, 11) is 0. The van der Waals surface area contributed by atoms with E-state index in [0.717, 1.165) is 4.90 Å². The second kappa shape index (κ2) is 7.55. The van der Waals surface area contributed by atoms with Gasteiger partial charge >= 0.3 is 0 Å². The monoisotopic (exact) mass is 349 g/mol. The highest BCUT2D eigenvalue weighted by Gasteiger charge is 2.39. The molecule has 0 saturated carbocycles. The minimum absolute atomic E-state index is 0.483. The van der Waals surface area contributed by atoms with Crippen LogP contribution in [0.3, 0.4) is 0 Å². The summed E-state index contributed by atoms with van der Waals surface area (Å²) in [5.41, 5.74) is -0.0562. The molecule has 0 fully saturated rings. The van der Waals surface area contributed by atoms with Gasteiger partial charge < -0.3 is 10.4 Å². The number of aliphatic hydroxyl groups is 1. The number of anilines is 1. The van der Waals surface area contributed by atoms with Crippen LogP contribution in [0.1, 0.15) is 11.1 Å². The van der Waals surface area contributed by atoms with Crippen LogP contribution >= 0.6 is 11.8 Å². The van der Waals surface area contributed by atoms with Gasteiger partial charge in [0.05, 0.1) is 0 Å². The van der Waals surface area contributed by atoms with Crippen molar-refractivity contribution in [1.29, 1.82) is 0 Å². The summed E-state index contributed by atoms with van der Waals surface area (Å²) < 4.78 is 0. The quantitative estimate of drug-likeness (QED) is 0.676. The van der Waals surface area contributed by atoms with E-state index in [1.165, 1.54) is 0 Å². The third kappa shape index (κ3) is 3.60. The maximum Gasteiger partial charge on any atom is 0.265 e. The lowest BCUT2D eigenvalue weighted by molar-refractivity contribution is -0.131. The Kier molecular flexibility index (Phi) is 5.22. The average molecular weight is 349 g/mol. The predicted octanol–water partition coefficient (Wildman–Crippen LogP) is 4.28. The van der Waals surface area contributed by atoms with E-state index in [1.54, 1.807) is 36.0 Å². The van der Waals surface area contributed by atoms with Crippen molar-refractivity contribution in [2.24, 2.45) is 0 Å². The van der Waals surface area contributed by atoms with E-state index in [1.807, 2.05) is 66.9 Å². The van der Waals surface area contributed by atoms with Gasteiger partial charge in [-0.25, -0.2) is 0 Å². The van der Waals surface area contributed by atoms with Gasteiger partial charge in [0.1, 0.15) is 0 Å². The van der Waals surface area contributed by atoms with Gasteiger partial charge in [-0.2, -0.15) is 0 Å². The van der Waals surface area contributed by atoms with Crippen LogP contribution in [0, 0.1) is 0 Å². The third-order valence-corrected chi connectivity index (χ3v) is 4.76. The molecule has 25 heavy (non-hydrogen) atoms. The Hall–Kier alpha value is -2.56. The van der Waals surface area contributed by atoms with Crippen LogP contribution < -0.4 is 5.32 Å². The van der Waals surface area contributed by atoms with Gasteiger partial charge in [-0.15, -0.1) is 11.8 Å². The highest BCUT2D eigenvalue weighted by molar-refractivity contribution is 7.98. The average Bonchev–Trinajstić information content (AvgIpc) is 2.68. The zero-order valence-electron chi connectivity index (χ0n) is 13.8. The number of rotatable bonds is 5. The minimum atomic E-state index is -1.77. The Morgan fingerprint density at radius 3 is 1.96 bits per heavy atom. The molecule has 0 aliphatic carbocycles. The largest absolute Gasteiger partial charge is 0.372 e. The summed E-state index contributed by atoms with van der Waals surface area (Å²) in [6.07, 6.45) is 1.98. The highest BCUT2D eigenvalue weighted by atomic mass is 32.2. The molecule has 2 N–H and O–H groups in total. The number of carbonyl (C=O) groups excluding carboxylic acids is 1. The number of hydrogen-bond donors (Lipinski definition) is 2. The zero-order valence-corrected chi connectivity index (χ0v) is 14.7. The molecule has 126 valence electrons. The van der Waals surface area contributed by atoms with Gasteiger partial charge in [-0.3, -0.25) is 4.79 Å². The first kappa shape index (κ1) is 17.3. The van der Waals surface area contributed by atoms with Gasteiger partial charge in [0.2, 0.25) is 0 Å². The van der Waals surface area contributed by atoms with Crippen molar-refractivity contribution in [3.8, 4) is 0 Å². The van der Waals surface area contributed by atoms with Gasteiger partial charge in [0, 0.05) is 10.6 Å². The molecule has 3 nitrogen and oxygen atoms in total. The Labute approximate surface area is 151 Å². The van der Waals surface area contributed by atoms with Gasteiger partial charge in [0.25, 0.3) is 5.91 Å². The Bertz CT molecular complexity index is 811. The van der Waals surface area contributed by atoms with Gasteiger partial charge in [-0.05, 0) is 35.6 Å². The number of nitrogens with one attached hydrogen (secondary N) is 1. The van der Waals surface area contributed by atoms with Crippen LogP contribution in [0.25, 0.3) is 0 Å². The van der Waals surface area contributed by atoms with E-state index in [2.05, 4.69) is 5.32 Å². The van der Waals surface area contributed by atoms with Crippen LogP contribution in [0.2, 0.25) is 0 Å². The molecule has 0 bridgehead atoms. The maximum absolute atomic E-state index is 13.1. The second-order valence-electron chi connectivity index (χ2n) is 5.63. The van der Waals surface area contributed by atoms with E-state index in [0.29, 0.717) is 16.8 Å². The first-order chi connectivity index (χ1) is 12.1. The molecular weight excluding hydrogens is 330 g/mol. The SMILES string of the molecule is CSc1cccc(NC(=O)C(O)(c2ccccc2)c2ccccc2)c1. The summed E-state index contributed by atoms with van der Waals surface area (Å²) in [5, 5.41) is 14.2. The molecule has 0 aliphatic heterocycles. The molecular formula is C21H19NO2S. The van der Waals surface area contributed by atoms with E-state index < -0.39 is 11.5 Å². The highest BCUT2D eigenvalue weighted by Crippen LogP contribution is 2.31. The van der Waals surface area contributed by atoms with Crippen molar-refractivity contribution in [2.45, 2.75) is 10.5 Å². The lowest BCUT2D eigenvalue weighted by atomic mass is 9.85. The zero-order chi connectivity index (χ0) is 17.7. The van der Waals surface area contributed by atoms with Crippen molar-refractivity contribution in [3.63, 3.8) is 0 Å². The lowest BCUT2D eigenvalue weighted by Crippen LogP contribution is -2.41. The summed E-state index contributed by atoms with van der Waals surface area (Å²) in [4.78, 5) is 14.1. The summed E-state index contributed by atoms with van der Waals surface area (Å²) >= 11 is 1.60. The van der Waals surface area contributed by atoms with Crippen molar-refractivity contribution in [3.05, 3.63) is 96.1 Å². The van der Waals surface area contributed by atoms with E-state index in [9.17, 15) is 9.90 Å². The fourth-order valence-electron chi connectivity index (χ4n) is 2.71. The lowest BCUT2D eigenvalue weighted by Gasteiger charge is -2.28. The van der Waals surface area contributed by atoms with Crippen LogP contribution in [-0.2, 0) is 10.4 Å². The van der Waals surface area contributed by atoms with Crippen molar-refractivity contribution in [2.75, 3.05) is 11.6 Å². The molecule has 0 spiro atoms. The minimum Gasteiger partial charge on any atom is -0.372 e. The van der Waals surface area contributed by atoms with Crippen molar-refractivity contribution < 1.29 is 9.90 Å². The summed E-state index contributed by atoms with van der Waals surface area (Å²) in [6, 6.07) is 25.5. The van der Waals surface area contributed by atoms with E-state index in [4.69, 9.17) is 0 Å². The predicted molar refractivity (Wildman–Crippen MR) is 103 cm³/mol. The smallest absolute Gasteiger partial charge is 0.265 e. The molecule has 3 aromatic carbocycles. The number of hydrogen-bond acceptors (Lipinski definition) is 3. The molecule has 0 atom stereocenters. The fraction of sp³-hybridized carbons (Fsp3) is 0.0952. The number of benzene rings is 3. The standard InChI is InChI=1S/C21H19NO2S/c1-25-19-14-8-13-18(15-19)22-20(23)21(24,16-9-4-2-5-10-16)17-11-6-3-7-12-17/h2-15,24H,1H3,(H,22,23). The molecule has 3 aromatic rings. The molecule has 0 aromatic heterocycles. The Morgan fingerprint density at radius 1 is 0.880 bits per heavy atom. The van der Waals surface area contributed by atoms with Crippen molar-refractivity contribution in [1.82, 2.24) is 0 Å². The Morgan fingerprint density at radius 2 is 1.44 bits per heavy atom. The van der Waals surface area contributed by atoms with Gasteiger partial charge in [-0.1, -0.05) is 66.7 Å². The fourth-order valence-corrected chi connectivity index (χ4v) is 3.17. The van der Waals surface area contributed by atoms with Crippen LogP contribution in [-0.4, -0.2) is 17.3 Å². The van der Waals surface area contributed by atoms with E-state index >= 15 is 0 Å². The molecule has 0 aliphatic rings. The first-order valence-corrected chi connectivity index (χ1v) is 9.16. The number of amides is 1. The maximum atomic E-state index is 13.1.